The molecule has 3 rings (SSSR count). The first-order valence-corrected chi connectivity index (χ1v) is 8.71. The molecule has 1 aliphatic rings. The molecule has 1 heterocycles. The smallest absolute Gasteiger partial charge is 0.176 e. The lowest BCUT2D eigenvalue weighted by Gasteiger charge is -2.35. The van der Waals surface area contributed by atoms with Crippen LogP contribution < -0.4 is 4.90 Å². The fourth-order valence-electron chi connectivity index (χ4n) is 3.10. The normalized spacial score (nSPS) is 15.2. The van der Waals surface area contributed by atoms with Gasteiger partial charge in [-0.3, -0.25) is 14.5 Å². The maximum absolute atomic E-state index is 12.4. The fourth-order valence-corrected chi connectivity index (χ4v) is 3.10. The van der Waals surface area contributed by atoms with Crippen molar-refractivity contribution >= 4 is 17.3 Å². The minimum absolute atomic E-state index is 0.0889. The largest absolute Gasteiger partial charge is 0.369 e. The first-order valence-electron chi connectivity index (χ1n) is 8.71. The monoisotopic (exact) mass is 336 g/mol. The van der Waals surface area contributed by atoms with Crippen LogP contribution in [0.2, 0.25) is 0 Å². The van der Waals surface area contributed by atoms with E-state index in [9.17, 15) is 9.59 Å². The Hall–Kier alpha value is -2.46. The number of anilines is 1. The zero-order valence-corrected chi connectivity index (χ0v) is 14.9. The van der Waals surface area contributed by atoms with Gasteiger partial charge in [-0.05, 0) is 38.1 Å². The molecule has 0 unspecified atom stereocenters. The highest BCUT2D eigenvalue weighted by molar-refractivity contribution is 5.97. The Morgan fingerprint density at radius 3 is 1.96 bits per heavy atom. The predicted octanol–water partition coefficient (Wildman–Crippen LogP) is 3.20. The number of piperazine rings is 1. The van der Waals surface area contributed by atoms with Gasteiger partial charge in [0.2, 0.25) is 0 Å². The first-order chi connectivity index (χ1) is 12.0. The highest BCUT2D eigenvalue weighted by Gasteiger charge is 2.20. The number of benzene rings is 2. The topological polar surface area (TPSA) is 40.6 Å². The number of ketones is 2. The summed E-state index contributed by atoms with van der Waals surface area (Å²) in [6, 6.07) is 15.5. The van der Waals surface area contributed by atoms with Gasteiger partial charge in [0.15, 0.2) is 11.6 Å². The van der Waals surface area contributed by atoms with Crippen LogP contribution in [-0.4, -0.2) is 49.2 Å². The Morgan fingerprint density at radius 1 is 0.840 bits per heavy atom. The minimum atomic E-state index is 0.0889. The Morgan fingerprint density at radius 2 is 1.40 bits per heavy atom. The second kappa shape index (κ2) is 7.62. The highest BCUT2D eigenvalue weighted by Crippen LogP contribution is 2.18. The van der Waals surface area contributed by atoms with Gasteiger partial charge in [-0.2, -0.15) is 0 Å². The van der Waals surface area contributed by atoms with Crippen LogP contribution in [0.25, 0.3) is 0 Å². The summed E-state index contributed by atoms with van der Waals surface area (Å²) in [4.78, 5) is 28.3. The van der Waals surface area contributed by atoms with E-state index in [1.807, 2.05) is 55.5 Å². The quantitative estimate of drug-likeness (QED) is 0.786. The van der Waals surface area contributed by atoms with E-state index < -0.39 is 0 Å². The molecular weight excluding hydrogens is 312 g/mol. The second-order valence-corrected chi connectivity index (χ2v) is 6.66. The highest BCUT2D eigenvalue weighted by atomic mass is 16.1. The van der Waals surface area contributed by atoms with Crippen molar-refractivity contribution in [3.8, 4) is 0 Å². The van der Waals surface area contributed by atoms with E-state index in [1.54, 1.807) is 6.92 Å². The van der Waals surface area contributed by atoms with Crippen LogP contribution >= 0.6 is 0 Å². The number of rotatable bonds is 5. The lowest BCUT2D eigenvalue weighted by Crippen LogP contribution is -2.48. The predicted molar refractivity (Wildman–Crippen MR) is 101 cm³/mol. The van der Waals surface area contributed by atoms with Gasteiger partial charge in [-0.25, -0.2) is 0 Å². The SMILES string of the molecule is CC(=O)c1ccc(N2CCN(CC(=O)c3ccc(C)cc3)CC2)cc1. The molecule has 0 N–H and O–H groups in total. The molecular formula is C21H24N2O2. The summed E-state index contributed by atoms with van der Waals surface area (Å²) in [5, 5.41) is 0. The van der Waals surface area contributed by atoms with E-state index in [1.165, 1.54) is 5.56 Å². The second-order valence-electron chi connectivity index (χ2n) is 6.66. The molecule has 0 atom stereocenters. The molecule has 1 aliphatic heterocycles. The molecule has 0 aliphatic carbocycles. The van der Waals surface area contributed by atoms with E-state index in [0.717, 1.165) is 43.0 Å². The summed E-state index contributed by atoms with van der Waals surface area (Å²) in [7, 11) is 0. The van der Waals surface area contributed by atoms with Crippen LogP contribution in [0.4, 0.5) is 5.69 Å². The summed E-state index contributed by atoms with van der Waals surface area (Å²) in [6.07, 6.45) is 0. The maximum atomic E-state index is 12.4. The fraction of sp³-hybridized carbons (Fsp3) is 0.333. The number of hydrogen-bond acceptors (Lipinski definition) is 4. The van der Waals surface area contributed by atoms with E-state index >= 15 is 0 Å². The molecule has 25 heavy (non-hydrogen) atoms. The van der Waals surface area contributed by atoms with Crippen molar-refractivity contribution in [2.24, 2.45) is 0 Å². The van der Waals surface area contributed by atoms with Crippen LogP contribution in [-0.2, 0) is 0 Å². The number of carbonyl (C=O) groups excluding carboxylic acids is 2. The summed E-state index contributed by atoms with van der Waals surface area (Å²) in [5.74, 6) is 0.269. The average Bonchev–Trinajstić information content (AvgIpc) is 2.63. The average molecular weight is 336 g/mol. The first kappa shape index (κ1) is 17.4. The zero-order chi connectivity index (χ0) is 17.8. The van der Waals surface area contributed by atoms with Crippen molar-refractivity contribution in [1.82, 2.24) is 4.90 Å². The minimum Gasteiger partial charge on any atom is -0.369 e. The Balaban J connectivity index is 1.53. The van der Waals surface area contributed by atoms with E-state index in [2.05, 4.69) is 9.80 Å². The van der Waals surface area contributed by atoms with Crippen molar-refractivity contribution in [2.45, 2.75) is 13.8 Å². The molecule has 0 radical (unpaired) electrons. The Bertz CT molecular complexity index is 742. The van der Waals surface area contributed by atoms with Crippen LogP contribution in [0.3, 0.4) is 0 Å². The summed E-state index contributed by atoms with van der Waals surface area (Å²) < 4.78 is 0. The Labute approximate surface area is 149 Å². The molecule has 0 bridgehead atoms. The molecule has 130 valence electrons. The maximum Gasteiger partial charge on any atom is 0.176 e. The molecule has 0 saturated carbocycles. The Kier molecular flexibility index (Phi) is 5.29. The lowest BCUT2D eigenvalue weighted by molar-refractivity contribution is 0.0926. The van der Waals surface area contributed by atoms with Crippen molar-refractivity contribution in [3.05, 3.63) is 65.2 Å². The molecule has 1 fully saturated rings. The zero-order valence-electron chi connectivity index (χ0n) is 14.9. The van der Waals surface area contributed by atoms with Crippen molar-refractivity contribution < 1.29 is 9.59 Å². The van der Waals surface area contributed by atoms with Crippen LogP contribution in [0.5, 0.6) is 0 Å². The summed E-state index contributed by atoms with van der Waals surface area (Å²) >= 11 is 0. The molecule has 0 aromatic heterocycles. The standard InChI is InChI=1S/C21H24N2O2/c1-16-3-5-19(6-4-16)21(25)15-22-11-13-23(14-12-22)20-9-7-18(8-10-20)17(2)24/h3-10H,11-15H2,1-2H3. The molecule has 2 aromatic carbocycles. The van der Waals surface area contributed by atoms with Crippen molar-refractivity contribution in [1.29, 1.82) is 0 Å². The van der Waals surface area contributed by atoms with E-state index in [4.69, 9.17) is 0 Å². The molecule has 4 heteroatoms. The third-order valence-corrected chi connectivity index (χ3v) is 4.75. The van der Waals surface area contributed by atoms with Crippen molar-refractivity contribution in [2.75, 3.05) is 37.6 Å². The number of carbonyl (C=O) groups is 2. The number of hydrogen-bond donors (Lipinski definition) is 0. The molecule has 2 aromatic rings. The number of Topliss-reactive ketones (excluding diaryl/α,β-unsaturated/α-hetero) is 2. The number of aryl methyl sites for hydroxylation is 1. The molecule has 4 nitrogen and oxygen atoms in total. The van der Waals surface area contributed by atoms with Gasteiger partial charge in [-0.1, -0.05) is 29.8 Å². The van der Waals surface area contributed by atoms with Crippen molar-refractivity contribution in [3.63, 3.8) is 0 Å². The van der Waals surface area contributed by atoms with Gasteiger partial charge in [0.1, 0.15) is 0 Å². The van der Waals surface area contributed by atoms with E-state index in [-0.39, 0.29) is 11.6 Å². The van der Waals surface area contributed by atoms with Gasteiger partial charge < -0.3 is 4.90 Å². The summed E-state index contributed by atoms with van der Waals surface area (Å²) in [5.41, 5.74) is 3.83. The van der Waals surface area contributed by atoms with Gasteiger partial charge in [-0.15, -0.1) is 0 Å². The molecule has 1 saturated heterocycles. The van der Waals surface area contributed by atoms with Gasteiger partial charge in [0.25, 0.3) is 0 Å². The third-order valence-electron chi connectivity index (χ3n) is 4.75. The number of nitrogens with zero attached hydrogens (tertiary/aromatic N) is 2. The third kappa shape index (κ3) is 4.34. The molecule has 0 spiro atoms. The van der Waals surface area contributed by atoms with Crippen LogP contribution in [0, 0.1) is 6.92 Å². The van der Waals surface area contributed by atoms with Gasteiger partial charge in [0, 0.05) is 43.0 Å². The summed E-state index contributed by atoms with van der Waals surface area (Å²) in [6.45, 7) is 7.59. The van der Waals surface area contributed by atoms with Gasteiger partial charge in [0.05, 0.1) is 6.54 Å². The van der Waals surface area contributed by atoms with Crippen LogP contribution in [0.15, 0.2) is 48.5 Å². The van der Waals surface area contributed by atoms with E-state index in [0.29, 0.717) is 6.54 Å². The van der Waals surface area contributed by atoms with Crippen LogP contribution in [0.1, 0.15) is 33.2 Å². The lowest BCUT2D eigenvalue weighted by atomic mass is 10.1. The molecule has 0 amide bonds. The van der Waals surface area contributed by atoms with Gasteiger partial charge >= 0.3 is 0 Å².